The van der Waals surface area contributed by atoms with Gasteiger partial charge in [0.2, 0.25) is 0 Å². The van der Waals surface area contributed by atoms with Gasteiger partial charge in [-0.2, -0.15) is 0 Å². The molecule has 1 aliphatic heterocycles. The summed E-state index contributed by atoms with van der Waals surface area (Å²) in [6, 6.07) is 0.353. The van der Waals surface area contributed by atoms with Crippen LogP contribution in [0, 0.1) is 0 Å². The van der Waals surface area contributed by atoms with Gasteiger partial charge >= 0.3 is 0 Å². The number of halogens is 1. The van der Waals surface area contributed by atoms with E-state index in [1.165, 1.54) is 6.42 Å². The van der Waals surface area contributed by atoms with Gasteiger partial charge in [0.25, 0.3) is 0 Å². The maximum atomic E-state index is 5.98. The molecule has 3 rings (SSSR count). The molecule has 78 valence electrons. The Kier molecular flexibility index (Phi) is 2.11. The van der Waals surface area contributed by atoms with Gasteiger partial charge in [-0.3, -0.25) is 4.40 Å². The van der Waals surface area contributed by atoms with Crippen molar-refractivity contribution in [2.75, 3.05) is 6.54 Å². The van der Waals surface area contributed by atoms with Crippen LogP contribution in [0.1, 0.15) is 24.7 Å². The molecule has 0 radical (unpaired) electrons. The molecule has 1 atom stereocenters. The summed E-state index contributed by atoms with van der Waals surface area (Å²) in [4.78, 5) is 8.45. The quantitative estimate of drug-likeness (QED) is 0.800. The molecule has 1 fully saturated rings. The summed E-state index contributed by atoms with van der Waals surface area (Å²) < 4.78 is 2.01. The summed E-state index contributed by atoms with van der Waals surface area (Å²) in [5.41, 5.74) is 0.878. The van der Waals surface area contributed by atoms with E-state index >= 15 is 0 Å². The molecular formula is C10H11ClN4. The number of nitrogens with zero attached hydrogens (tertiary/aromatic N) is 3. The SMILES string of the molecule is Clc1nccn2c([C@@H]3CCCN3)ncc12. The fraction of sp³-hybridized carbons (Fsp3) is 0.400. The maximum Gasteiger partial charge on any atom is 0.154 e. The minimum atomic E-state index is 0.353. The Labute approximate surface area is 92.3 Å². The van der Waals surface area contributed by atoms with Crippen molar-refractivity contribution in [1.29, 1.82) is 0 Å². The van der Waals surface area contributed by atoms with Crippen molar-refractivity contribution in [2.45, 2.75) is 18.9 Å². The van der Waals surface area contributed by atoms with Gasteiger partial charge in [-0.1, -0.05) is 11.6 Å². The molecule has 3 heterocycles. The van der Waals surface area contributed by atoms with Crippen LogP contribution in [0.4, 0.5) is 0 Å². The molecule has 1 saturated heterocycles. The molecular weight excluding hydrogens is 212 g/mol. The van der Waals surface area contributed by atoms with Gasteiger partial charge in [0.1, 0.15) is 11.3 Å². The van der Waals surface area contributed by atoms with Crippen molar-refractivity contribution >= 4 is 17.1 Å². The second-order valence-corrected chi connectivity index (χ2v) is 4.10. The predicted octanol–water partition coefficient (Wildman–Crippen LogP) is 1.81. The smallest absolute Gasteiger partial charge is 0.154 e. The van der Waals surface area contributed by atoms with Crippen molar-refractivity contribution in [2.24, 2.45) is 0 Å². The van der Waals surface area contributed by atoms with Crippen LogP contribution in [0.15, 0.2) is 18.6 Å². The van der Waals surface area contributed by atoms with E-state index in [2.05, 4.69) is 15.3 Å². The van der Waals surface area contributed by atoms with Crippen molar-refractivity contribution in [3.63, 3.8) is 0 Å². The Morgan fingerprint density at radius 3 is 3.20 bits per heavy atom. The van der Waals surface area contributed by atoms with Crippen LogP contribution in [-0.2, 0) is 0 Å². The average Bonchev–Trinajstić information content (AvgIpc) is 2.85. The number of aromatic nitrogens is 3. The van der Waals surface area contributed by atoms with Gasteiger partial charge in [0, 0.05) is 12.4 Å². The van der Waals surface area contributed by atoms with Crippen molar-refractivity contribution in [3.8, 4) is 0 Å². The lowest BCUT2D eigenvalue weighted by Crippen LogP contribution is -2.15. The van der Waals surface area contributed by atoms with Gasteiger partial charge < -0.3 is 5.32 Å². The van der Waals surface area contributed by atoms with Crippen LogP contribution < -0.4 is 5.32 Å². The summed E-state index contributed by atoms with van der Waals surface area (Å²) in [6.07, 6.45) is 7.74. The average molecular weight is 223 g/mol. The lowest BCUT2D eigenvalue weighted by molar-refractivity contribution is 0.602. The Bertz CT molecular complexity index is 487. The monoisotopic (exact) mass is 222 g/mol. The van der Waals surface area contributed by atoms with Gasteiger partial charge in [-0.15, -0.1) is 0 Å². The van der Waals surface area contributed by atoms with E-state index < -0.39 is 0 Å². The topological polar surface area (TPSA) is 42.2 Å². The highest BCUT2D eigenvalue weighted by molar-refractivity contribution is 6.32. The highest BCUT2D eigenvalue weighted by Crippen LogP contribution is 2.24. The summed E-state index contributed by atoms with van der Waals surface area (Å²) in [7, 11) is 0. The lowest BCUT2D eigenvalue weighted by Gasteiger charge is -2.08. The maximum absolute atomic E-state index is 5.98. The summed E-state index contributed by atoms with van der Waals surface area (Å²) in [5, 5.41) is 3.93. The van der Waals surface area contributed by atoms with E-state index in [9.17, 15) is 0 Å². The van der Waals surface area contributed by atoms with Crippen molar-refractivity contribution in [3.05, 3.63) is 29.6 Å². The highest BCUT2D eigenvalue weighted by Gasteiger charge is 2.20. The largest absolute Gasteiger partial charge is 0.307 e. The number of hydrogen-bond acceptors (Lipinski definition) is 3. The molecule has 2 aromatic rings. The minimum absolute atomic E-state index is 0.353. The van der Waals surface area contributed by atoms with E-state index in [1.807, 2.05) is 10.6 Å². The van der Waals surface area contributed by atoms with Crippen LogP contribution >= 0.6 is 11.6 Å². The summed E-state index contributed by atoms with van der Waals surface area (Å²) in [5.74, 6) is 1.03. The Balaban J connectivity index is 2.15. The molecule has 0 spiro atoms. The second-order valence-electron chi connectivity index (χ2n) is 3.74. The van der Waals surface area contributed by atoms with Gasteiger partial charge in [0.05, 0.1) is 12.2 Å². The fourth-order valence-corrected chi connectivity index (χ4v) is 2.27. The minimum Gasteiger partial charge on any atom is -0.307 e. The Hall–Kier alpha value is -1.13. The third-order valence-electron chi connectivity index (χ3n) is 2.81. The predicted molar refractivity (Wildman–Crippen MR) is 58.0 cm³/mol. The summed E-state index contributed by atoms with van der Waals surface area (Å²) >= 11 is 5.98. The van der Waals surface area contributed by atoms with E-state index in [1.54, 1.807) is 12.4 Å². The van der Waals surface area contributed by atoms with E-state index in [0.29, 0.717) is 11.2 Å². The van der Waals surface area contributed by atoms with E-state index in [4.69, 9.17) is 11.6 Å². The number of nitrogens with one attached hydrogen (secondary N) is 1. The first-order chi connectivity index (χ1) is 7.36. The van der Waals surface area contributed by atoms with E-state index in [-0.39, 0.29) is 0 Å². The molecule has 5 heteroatoms. The molecule has 0 aliphatic carbocycles. The number of fused-ring (bicyclic) bond motifs is 1. The van der Waals surface area contributed by atoms with Gasteiger partial charge in [0.15, 0.2) is 5.15 Å². The van der Waals surface area contributed by atoms with Crippen LogP contribution in [0.5, 0.6) is 0 Å². The number of hydrogen-bond donors (Lipinski definition) is 1. The second kappa shape index (κ2) is 3.47. The van der Waals surface area contributed by atoms with Crippen molar-refractivity contribution < 1.29 is 0 Å². The molecule has 0 unspecified atom stereocenters. The number of rotatable bonds is 1. The zero-order valence-electron chi connectivity index (χ0n) is 8.15. The van der Waals surface area contributed by atoms with Crippen molar-refractivity contribution in [1.82, 2.24) is 19.7 Å². The highest BCUT2D eigenvalue weighted by atomic mass is 35.5. The Morgan fingerprint density at radius 2 is 2.40 bits per heavy atom. The first kappa shape index (κ1) is 9.12. The fourth-order valence-electron chi connectivity index (χ4n) is 2.08. The van der Waals surface area contributed by atoms with Crippen LogP contribution in [0.2, 0.25) is 5.15 Å². The molecule has 1 N–H and O–H groups in total. The molecule has 0 bridgehead atoms. The van der Waals surface area contributed by atoms with Crippen LogP contribution in [0.3, 0.4) is 0 Å². The van der Waals surface area contributed by atoms with Gasteiger partial charge in [-0.05, 0) is 19.4 Å². The van der Waals surface area contributed by atoms with Gasteiger partial charge in [-0.25, -0.2) is 9.97 Å². The third-order valence-corrected chi connectivity index (χ3v) is 3.10. The Morgan fingerprint density at radius 1 is 1.47 bits per heavy atom. The zero-order valence-corrected chi connectivity index (χ0v) is 8.91. The number of imidazole rings is 1. The lowest BCUT2D eigenvalue weighted by atomic mass is 10.2. The van der Waals surface area contributed by atoms with Crippen LogP contribution in [0.25, 0.3) is 5.52 Å². The first-order valence-electron chi connectivity index (χ1n) is 5.07. The molecule has 0 amide bonds. The standard InChI is InChI=1S/C10H11ClN4/c11-9-8-6-14-10(7-2-1-3-12-7)15(8)5-4-13-9/h4-7,12H,1-3H2/t7-/m0/s1. The molecule has 2 aromatic heterocycles. The molecule has 0 saturated carbocycles. The summed E-state index contributed by atoms with van der Waals surface area (Å²) in [6.45, 7) is 1.07. The zero-order chi connectivity index (χ0) is 10.3. The molecule has 1 aliphatic rings. The third kappa shape index (κ3) is 1.41. The molecule has 4 nitrogen and oxygen atoms in total. The molecule has 15 heavy (non-hydrogen) atoms. The van der Waals surface area contributed by atoms with Crippen LogP contribution in [-0.4, -0.2) is 20.9 Å². The molecule has 0 aromatic carbocycles. The van der Waals surface area contributed by atoms with E-state index in [0.717, 1.165) is 24.3 Å². The normalized spacial score (nSPS) is 21.3. The first-order valence-corrected chi connectivity index (χ1v) is 5.45.